The van der Waals surface area contributed by atoms with Gasteiger partial charge in [0.2, 0.25) is 11.1 Å². The highest BCUT2D eigenvalue weighted by atomic mass is 15.0. The predicted molar refractivity (Wildman–Crippen MR) is 148 cm³/mol. The first-order valence-corrected chi connectivity index (χ1v) is 12.4. The Morgan fingerprint density at radius 2 is 1.63 bits per heavy atom. The Hall–Kier alpha value is -3.64. The van der Waals surface area contributed by atoms with Gasteiger partial charge in [0.05, 0.1) is 33.7 Å². The molecule has 3 heteroatoms. The van der Waals surface area contributed by atoms with Crippen LogP contribution in [0.2, 0.25) is 0 Å². The molecule has 0 aliphatic carbocycles. The fourth-order valence-corrected chi connectivity index (χ4v) is 5.88. The zero-order chi connectivity index (χ0) is 24.9. The topological polar surface area (TPSA) is 12.7 Å². The average Bonchev–Trinajstić information content (AvgIpc) is 3.13. The van der Waals surface area contributed by atoms with E-state index in [0.29, 0.717) is 0 Å². The maximum atomic E-state index is 7.68. The fourth-order valence-electron chi connectivity index (χ4n) is 5.88. The number of benzene rings is 3. The Morgan fingerprint density at radius 1 is 0.886 bits per heavy atom. The predicted octanol–water partition coefficient (Wildman–Crippen LogP) is 7.66. The van der Waals surface area contributed by atoms with Crippen molar-refractivity contribution in [1.82, 2.24) is 4.40 Å². The lowest BCUT2D eigenvalue weighted by Crippen LogP contribution is -2.29. The van der Waals surface area contributed by atoms with Crippen molar-refractivity contribution in [2.45, 2.75) is 58.9 Å². The molecule has 3 heterocycles. The molecule has 0 atom stereocenters. The van der Waals surface area contributed by atoms with E-state index in [1.54, 1.807) is 0 Å². The van der Waals surface area contributed by atoms with Crippen LogP contribution in [0.25, 0.3) is 53.8 Å². The van der Waals surface area contributed by atoms with E-state index in [4.69, 9.17) is 6.57 Å². The van der Waals surface area contributed by atoms with E-state index < -0.39 is 5.54 Å². The lowest BCUT2D eigenvalue weighted by atomic mass is 9.86. The quantitative estimate of drug-likeness (QED) is 0.109. The van der Waals surface area contributed by atoms with Crippen molar-refractivity contribution < 1.29 is 4.57 Å². The van der Waals surface area contributed by atoms with Gasteiger partial charge < -0.3 is 9.25 Å². The molecular weight excluding hydrogens is 426 g/mol. The van der Waals surface area contributed by atoms with E-state index in [1.165, 1.54) is 65.7 Å². The molecule has 3 aromatic carbocycles. The molecule has 0 unspecified atom stereocenters. The maximum absolute atomic E-state index is 7.68. The second-order valence-electron chi connectivity index (χ2n) is 11.9. The van der Waals surface area contributed by atoms with Gasteiger partial charge in [-0.1, -0.05) is 51.1 Å². The lowest BCUT2D eigenvalue weighted by molar-refractivity contribution is -0.643. The van der Waals surface area contributed by atoms with Gasteiger partial charge in [-0.25, -0.2) is 11.1 Å². The van der Waals surface area contributed by atoms with Crippen LogP contribution in [0.1, 0.15) is 51.3 Å². The smallest absolute Gasteiger partial charge is 0.231 e. The molecule has 0 spiro atoms. The van der Waals surface area contributed by atoms with E-state index in [2.05, 4.69) is 103 Å². The third kappa shape index (κ3) is 3.06. The van der Waals surface area contributed by atoms with Crippen molar-refractivity contribution in [3.8, 4) is 0 Å². The van der Waals surface area contributed by atoms with Gasteiger partial charge in [-0.15, -0.1) is 0 Å². The van der Waals surface area contributed by atoms with Gasteiger partial charge in [-0.3, -0.25) is 0 Å². The van der Waals surface area contributed by atoms with Crippen molar-refractivity contribution in [2.75, 3.05) is 0 Å². The van der Waals surface area contributed by atoms with Crippen LogP contribution < -0.4 is 4.57 Å². The van der Waals surface area contributed by atoms with Crippen molar-refractivity contribution in [1.29, 1.82) is 0 Å². The number of rotatable bonds is 2. The monoisotopic (exact) mass is 458 g/mol. The fraction of sp³-hybridized carbons (Fsp3) is 0.312. The minimum absolute atomic E-state index is 0.0690. The van der Waals surface area contributed by atoms with Gasteiger partial charge in [-0.2, -0.15) is 0 Å². The number of fused-ring (bicyclic) bond motifs is 5. The minimum atomic E-state index is -0.431. The molecule has 0 N–H and O–H groups in total. The molecule has 0 aliphatic rings. The number of aryl methyl sites for hydroxylation is 2. The van der Waals surface area contributed by atoms with Gasteiger partial charge >= 0.3 is 0 Å². The lowest BCUT2D eigenvalue weighted by Gasteiger charge is -2.19. The zero-order valence-electron chi connectivity index (χ0n) is 21.7. The van der Waals surface area contributed by atoms with Crippen LogP contribution in [0.3, 0.4) is 0 Å². The molecule has 0 saturated heterocycles. The van der Waals surface area contributed by atoms with Crippen LogP contribution in [-0.4, -0.2) is 9.94 Å². The first-order valence-electron chi connectivity index (χ1n) is 12.4. The SMILES string of the molecule is [C-]#[N+]C(C)(C)Cc1cc2cc[n+](C)c3c4c(C)ccc5c6ccc(C(C)(C)C)cc6n(c(c1)c23)c54. The van der Waals surface area contributed by atoms with Crippen LogP contribution >= 0.6 is 0 Å². The van der Waals surface area contributed by atoms with Crippen molar-refractivity contribution in [3.05, 3.63) is 82.8 Å². The molecule has 0 fully saturated rings. The summed E-state index contributed by atoms with van der Waals surface area (Å²) in [6.07, 6.45) is 2.91. The van der Waals surface area contributed by atoms with Gasteiger partial charge in [-0.05, 0) is 46.5 Å². The highest BCUT2D eigenvalue weighted by Gasteiger charge is 2.28. The Bertz CT molecular complexity index is 1850. The first-order chi connectivity index (χ1) is 16.5. The second-order valence-corrected chi connectivity index (χ2v) is 11.9. The number of nitrogens with zero attached hydrogens (tertiary/aromatic N) is 3. The molecule has 3 aromatic heterocycles. The zero-order valence-corrected chi connectivity index (χ0v) is 21.7. The summed E-state index contributed by atoms with van der Waals surface area (Å²) in [7, 11) is 2.16. The summed E-state index contributed by atoms with van der Waals surface area (Å²) in [6.45, 7) is 20.8. The Morgan fingerprint density at radius 3 is 2.34 bits per heavy atom. The molecule has 0 aliphatic heterocycles. The summed E-state index contributed by atoms with van der Waals surface area (Å²) in [5.41, 5.74) is 8.56. The van der Waals surface area contributed by atoms with Gasteiger partial charge in [0.25, 0.3) is 0 Å². The van der Waals surface area contributed by atoms with Crippen LogP contribution in [0.5, 0.6) is 0 Å². The molecule has 0 amide bonds. The Labute approximate surface area is 206 Å². The largest absolute Gasteiger partial charge is 0.311 e. The molecule has 6 aromatic rings. The normalized spacial score (nSPS) is 13.1. The number of aromatic nitrogens is 2. The van der Waals surface area contributed by atoms with Gasteiger partial charge in [0, 0.05) is 30.7 Å². The Kier molecular flexibility index (Phi) is 4.34. The highest BCUT2D eigenvalue weighted by Crippen LogP contribution is 2.42. The average molecular weight is 459 g/mol. The molecule has 174 valence electrons. The summed E-state index contributed by atoms with van der Waals surface area (Å²) >= 11 is 0. The van der Waals surface area contributed by atoms with Crippen molar-refractivity contribution >= 4 is 49.0 Å². The molecular formula is C32H32N3+. The van der Waals surface area contributed by atoms with Crippen LogP contribution in [-0.2, 0) is 18.9 Å². The van der Waals surface area contributed by atoms with Crippen LogP contribution in [0, 0.1) is 13.5 Å². The van der Waals surface area contributed by atoms with E-state index in [9.17, 15) is 0 Å². The first kappa shape index (κ1) is 21.9. The third-order valence-corrected chi connectivity index (χ3v) is 7.70. The summed E-state index contributed by atoms with van der Waals surface area (Å²) in [5.74, 6) is 0. The number of pyridine rings is 2. The molecule has 6 rings (SSSR count). The number of hydrogen-bond donors (Lipinski definition) is 0. The molecule has 35 heavy (non-hydrogen) atoms. The summed E-state index contributed by atoms with van der Waals surface area (Å²) in [4.78, 5) is 3.90. The van der Waals surface area contributed by atoms with E-state index >= 15 is 0 Å². The standard InChI is InChI=1S/C32H32N3/c1-19-9-11-24-23-12-10-22(31(2,3)4)17-25(23)35-26-16-20(18-32(5,6)33-7)15-21-13-14-34(8)30(28(21)26)27(19)29(24)35/h9-17H,18H2,1-6,8H3/q+1. The Balaban J connectivity index is 1.91. The van der Waals surface area contributed by atoms with E-state index in [0.717, 1.165) is 6.42 Å². The summed E-state index contributed by atoms with van der Waals surface area (Å²) < 4.78 is 4.78. The summed E-state index contributed by atoms with van der Waals surface area (Å²) in [5, 5.41) is 6.45. The minimum Gasteiger partial charge on any atom is -0.311 e. The van der Waals surface area contributed by atoms with Gasteiger partial charge in [0.15, 0.2) is 6.20 Å². The van der Waals surface area contributed by atoms with E-state index in [1.807, 2.05) is 13.8 Å². The molecule has 0 radical (unpaired) electrons. The van der Waals surface area contributed by atoms with Crippen molar-refractivity contribution in [3.63, 3.8) is 0 Å². The van der Waals surface area contributed by atoms with E-state index in [-0.39, 0.29) is 5.41 Å². The third-order valence-electron chi connectivity index (χ3n) is 7.70. The van der Waals surface area contributed by atoms with Crippen LogP contribution in [0.15, 0.2) is 54.7 Å². The van der Waals surface area contributed by atoms with Gasteiger partial charge in [0.1, 0.15) is 7.05 Å². The second kappa shape index (κ2) is 6.95. The molecule has 0 bridgehead atoms. The van der Waals surface area contributed by atoms with Crippen LogP contribution in [0.4, 0.5) is 0 Å². The highest BCUT2D eigenvalue weighted by molar-refractivity contribution is 6.25. The maximum Gasteiger partial charge on any atom is 0.231 e. The number of hydrogen-bond acceptors (Lipinski definition) is 0. The summed E-state index contributed by atoms with van der Waals surface area (Å²) in [6, 6.07) is 18.4. The van der Waals surface area contributed by atoms with Crippen molar-refractivity contribution in [2.24, 2.45) is 7.05 Å². The molecule has 3 nitrogen and oxygen atoms in total. The molecule has 0 saturated carbocycles.